The Labute approximate surface area is 156 Å². The Kier molecular flexibility index (Phi) is 5.33. The summed E-state index contributed by atoms with van der Waals surface area (Å²) in [6.07, 6.45) is -0.536. The molecule has 2 aromatic carbocycles. The van der Waals surface area contributed by atoms with Crippen LogP contribution in [-0.2, 0) is 29.8 Å². The number of carbonyl (C=O) groups excluding carboxylic acids is 1. The van der Waals surface area contributed by atoms with Crippen LogP contribution < -0.4 is 15.4 Å². The number of fused-ring (bicyclic) bond motifs is 1. The largest absolute Gasteiger partial charge is 0.481 e. The maximum absolute atomic E-state index is 12.3. The van der Waals surface area contributed by atoms with Crippen LogP contribution in [0.3, 0.4) is 0 Å². The van der Waals surface area contributed by atoms with E-state index in [1.807, 2.05) is 12.1 Å². The number of nitrogens with one attached hydrogen (secondary N) is 2. The van der Waals surface area contributed by atoms with Gasteiger partial charge in [-0.15, -0.1) is 0 Å². The molecule has 1 aliphatic heterocycles. The highest BCUT2D eigenvalue weighted by molar-refractivity contribution is 5.80. The first-order chi connectivity index (χ1) is 12.3. The number of ether oxygens (including phenoxy) is 1. The fourth-order valence-electron chi connectivity index (χ4n) is 3.08. The monoisotopic (exact) mass is 352 g/mol. The molecule has 4 nitrogen and oxygen atoms in total. The third kappa shape index (κ3) is 4.44. The zero-order valence-corrected chi connectivity index (χ0v) is 16.1. The number of rotatable bonds is 5. The van der Waals surface area contributed by atoms with Crippen LogP contribution in [0.2, 0.25) is 0 Å². The van der Waals surface area contributed by atoms with Gasteiger partial charge in [-0.25, -0.2) is 0 Å². The average Bonchev–Trinajstić information content (AvgIpc) is 3.07. The lowest BCUT2D eigenvalue weighted by Crippen LogP contribution is -2.35. The van der Waals surface area contributed by atoms with Crippen LogP contribution in [0.15, 0.2) is 42.5 Å². The van der Waals surface area contributed by atoms with Gasteiger partial charge in [-0.2, -0.15) is 0 Å². The van der Waals surface area contributed by atoms with Gasteiger partial charge in [-0.3, -0.25) is 4.79 Å². The van der Waals surface area contributed by atoms with Crippen LogP contribution in [0.4, 0.5) is 0 Å². The van der Waals surface area contributed by atoms with E-state index in [1.54, 1.807) is 6.92 Å². The molecule has 1 atom stereocenters. The van der Waals surface area contributed by atoms with Crippen molar-refractivity contribution in [3.63, 3.8) is 0 Å². The van der Waals surface area contributed by atoms with Gasteiger partial charge in [0, 0.05) is 19.6 Å². The Hall–Kier alpha value is -2.33. The smallest absolute Gasteiger partial charge is 0.261 e. The van der Waals surface area contributed by atoms with E-state index in [1.165, 1.54) is 16.7 Å². The van der Waals surface area contributed by atoms with E-state index in [-0.39, 0.29) is 11.3 Å². The van der Waals surface area contributed by atoms with Crippen LogP contribution in [-0.4, -0.2) is 12.0 Å². The van der Waals surface area contributed by atoms with E-state index in [0.717, 1.165) is 18.7 Å². The molecule has 2 aromatic rings. The second kappa shape index (κ2) is 7.50. The molecule has 3 rings (SSSR count). The lowest BCUT2D eigenvalue weighted by molar-refractivity contribution is -0.127. The fraction of sp³-hybridized carbons (Fsp3) is 0.409. The van der Waals surface area contributed by atoms with Crippen molar-refractivity contribution >= 4 is 5.91 Å². The summed E-state index contributed by atoms with van der Waals surface area (Å²) < 4.78 is 5.78. The molecule has 0 spiro atoms. The Bertz CT molecular complexity index is 776. The minimum absolute atomic E-state index is 0.104. The zero-order valence-electron chi connectivity index (χ0n) is 16.1. The Balaban J connectivity index is 1.53. The molecule has 138 valence electrons. The predicted molar refractivity (Wildman–Crippen MR) is 104 cm³/mol. The SMILES string of the molecule is CC(Oc1ccc(C(C)(C)C)cc1)C(=O)NCc1ccc2c(c1)CNC2. The van der Waals surface area contributed by atoms with E-state index < -0.39 is 6.10 Å². The first-order valence-corrected chi connectivity index (χ1v) is 9.19. The Morgan fingerprint density at radius 3 is 2.50 bits per heavy atom. The van der Waals surface area contributed by atoms with Gasteiger partial charge in [-0.05, 0) is 46.7 Å². The lowest BCUT2D eigenvalue weighted by atomic mass is 9.87. The molecule has 26 heavy (non-hydrogen) atoms. The second-order valence-corrected chi connectivity index (χ2v) is 7.96. The summed E-state index contributed by atoms with van der Waals surface area (Å²) in [5.41, 5.74) is 5.12. The van der Waals surface area contributed by atoms with Crippen molar-refractivity contribution in [3.8, 4) is 5.75 Å². The van der Waals surface area contributed by atoms with Gasteiger partial charge < -0.3 is 15.4 Å². The summed E-state index contributed by atoms with van der Waals surface area (Å²) in [6.45, 7) is 10.7. The van der Waals surface area contributed by atoms with E-state index >= 15 is 0 Å². The van der Waals surface area contributed by atoms with Crippen molar-refractivity contribution in [2.45, 2.75) is 58.8 Å². The minimum Gasteiger partial charge on any atom is -0.481 e. The quantitative estimate of drug-likeness (QED) is 0.863. The third-order valence-corrected chi connectivity index (χ3v) is 4.77. The van der Waals surface area contributed by atoms with E-state index in [2.05, 4.69) is 61.7 Å². The van der Waals surface area contributed by atoms with Crippen LogP contribution in [0, 0.1) is 0 Å². The first kappa shape index (κ1) is 18.5. The van der Waals surface area contributed by atoms with Crippen molar-refractivity contribution in [1.29, 1.82) is 0 Å². The molecule has 0 radical (unpaired) electrons. The zero-order chi connectivity index (χ0) is 18.7. The molecule has 0 saturated heterocycles. The van der Waals surface area contributed by atoms with Crippen molar-refractivity contribution in [1.82, 2.24) is 10.6 Å². The second-order valence-electron chi connectivity index (χ2n) is 7.96. The topological polar surface area (TPSA) is 50.4 Å². The molecular formula is C22H28N2O2. The van der Waals surface area contributed by atoms with Crippen LogP contribution in [0.5, 0.6) is 5.75 Å². The van der Waals surface area contributed by atoms with Gasteiger partial charge in [0.25, 0.3) is 5.91 Å². The molecule has 1 aliphatic rings. The Morgan fingerprint density at radius 2 is 1.81 bits per heavy atom. The molecule has 1 amide bonds. The van der Waals surface area contributed by atoms with Gasteiger partial charge in [-0.1, -0.05) is 51.1 Å². The standard InChI is InChI=1S/C22H28N2O2/c1-15(26-20-9-7-19(8-10-20)22(2,3)4)21(25)24-12-16-5-6-17-13-23-14-18(17)11-16/h5-11,15,23H,12-14H2,1-4H3,(H,24,25). The molecule has 0 aromatic heterocycles. The molecule has 2 N–H and O–H groups in total. The Morgan fingerprint density at radius 1 is 1.12 bits per heavy atom. The molecule has 4 heteroatoms. The van der Waals surface area contributed by atoms with Crippen molar-refractivity contribution in [2.24, 2.45) is 0 Å². The van der Waals surface area contributed by atoms with Crippen LogP contribution in [0.1, 0.15) is 49.9 Å². The highest BCUT2D eigenvalue weighted by Crippen LogP contribution is 2.24. The van der Waals surface area contributed by atoms with Crippen molar-refractivity contribution < 1.29 is 9.53 Å². The average molecular weight is 352 g/mol. The molecule has 0 fully saturated rings. The predicted octanol–water partition coefficient (Wildman–Crippen LogP) is 3.67. The van der Waals surface area contributed by atoms with E-state index in [0.29, 0.717) is 12.3 Å². The number of hydrogen-bond donors (Lipinski definition) is 2. The van der Waals surface area contributed by atoms with Gasteiger partial charge >= 0.3 is 0 Å². The summed E-state index contributed by atoms with van der Waals surface area (Å²) in [4.78, 5) is 12.3. The third-order valence-electron chi connectivity index (χ3n) is 4.77. The highest BCUT2D eigenvalue weighted by atomic mass is 16.5. The summed E-state index contributed by atoms with van der Waals surface area (Å²) in [6, 6.07) is 14.3. The van der Waals surface area contributed by atoms with Crippen molar-refractivity contribution in [3.05, 3.63) is 64.7 Å². The van der Waals surface area contributed by atoms with Crippen molar-refractivity contribution in [2.75, 3.05) is 0 Å². The summed E-state index contributed by atoms with van der Waals surface area (Å²) >= 11 is 0. The summed E-state index contributed by atoms with van der Waals surface area (Å²) in [5, 5.41) is 6.29. The van der Waals surface area contributed by atoms with E-state index in [4.69, 9.17) is 4.74 Å². The number of amides is 1. The molecular weight excluding hydrogens is 324 g/mol. The fourth-order valence-corrected chi connectivity index (χ4v) is 3.08. The first-order valence-electron chi connectivity index (χ1n) is 9.19. The normalized spacial score (nSPS) is 14.6. The maximum atomic E-state index is 12.3. The molecule has 1 unspecified atom stereocenters. The highest BCUT2D eigenvalue weighted by Gasteiger charge is 2.17. The number of carbonyl (C=O) groups is 1. The minimum atomic E-state index is -0.536. The molecule has 0 bridgehead atoms. The number of hydrogen-bond acceptors (Lipinski definition) is 3. The van der Waals surface area contributed by atoms with E-state index in [9.17, 15) is 4.79 Å². The summed E-state index contributed by atoms with van der Waals surface area (Å²) in [5.74, 6) is 0.604. The van der Waals surface area contributed by atoms with Gasteiger partial charge in [0.05, 0.1) is 0 Å². The van der Waals surface area contributed by atoms with Gasteiger partial charge in [0.15, 0.2) is 6.10 Å². The van der Waals surface area contributed by atoms with Crippen LogP contribution >= 0.6 is 0 Å². The summed E-state index contributed by atoms with van der Waals surface area (Å²) in [7, 11) is 0. The molecule has 0 saturated carbocycles. The van der Waals surface area contributed by atoms with Crippen LogP contribution in [0.25, 0.3) is 0 Å². The number of benzene rings is 2. The molecule has 0 aliphatic carbocycles. The molecule has 1 heterocycles. The maximum Gasteiger partial charge on any atom is 0.261 e. The lowest BCUT2D eigenvalue weighted by Gasteiger charge is -2.20. The van der Waals surface area contributed by atoms with Gasteiger partial charge in [0.2, 0.25) is 0 Å². The van der Waals surface area contributed by atoms with Gasteiger partial charge in [0.1, 0.15) is 5.75 Å².